The van der Waals surface area contributed by atoms with Crippen LogP contribution in [0.25, 0.3) is 5.65 Å². The van der Waals surface area contributed by atoms with Crippen LogP contribution in [0.5, 0.6) is 0 Å². The molecule has 9 heteroatoms. The molecule has 3 heterocycles. The minimum absolute atomic E-state index is 0. The molecule has 0 aliphatic carbocycles. The monoisotopic (exact) mass is 403 g/mol. The van der Waals surface area contributed by atoms with E-state index >= 15 is 0 Å². The molecule has 28 heavy (non-hydrogen) atoms. The van der Waals surface area contributed by atoms with Gasteiger partial charge in [-0.1, -0.05) is 18.2 Å². The van der Waals surface area contributed by atoms with E-state index < -0.39 is 0 Å². The molecule has 148 valence electrons. The fraction of sp³-hybridized carbons (Fsp3) is 0.316. The van der Waals surface area contributed by atoms with E-state index in [9.17, 15) is 9.59 Å². The Morgan fingerprint density at radius 3 is 2.96 bits per heavy atom. The maximum absolute atomic E-state index is 12.5. The highest BCUT2D eigenvalue weighted by Crippen LogP contribution is 2.14. The van der Waals surface area contributed by atoms with Gasteiger partial charge in [-0.05, 0) is 36.8 Å². The fourth-order valence-corrected chi connectivity index (χ4v) is 3.24. The van der Waals surface area contributed by atoms with Gasteiger partial charge < -0.3 is 15.4 Å². The summed E-state index contributed by atoms with van der Waals surface area (Å²) in [6.45, 7) is 3.46. The Bertz CT molecular complexity index is 1030. The lowest BCUT2D eigenvalue weighted by atomic mass is 10.1. The number of fused-ring (bicyclic) bond motifs is 1. The number of aromatic nitrogens is 3. The first-order chi connectivity index (χ1) is 13.1. The molecule has 3 aromatic rings. The lowest BCUT2D eigenvalue weighted by Gasteiger charge is -2.29. The van der Waals surface area contributed by atoms with Crippen LogP contribution < -0.4 is 16.3 Å². The van der Waals surface area contributed by atoms with Crippen molar-refractivity contribution < 1.29 is 9.53 Å². The van der Waals surface area contributed by atoms with Crippen molar-refractivity contribution in [2.24, 2.45) is 0 Å². The maximum Gasteiger partial charge on any atom is 0.350 e. The molecule has 8 nitrogen and oxygen atoms in total. The number of rotatable bonds is 4. The zero-order valence-electron chi connectivity index (χ0n) is 15.4. The molecule has 1 amide bonds. The summed E-state index contributed by atoms with van der Waals surface area (Å²) < 4.78 is 8.44. The lowest BCUT2D eigenvalue weighted by molar-refractivity contribution is -0.123. The third-order valence-electron chi connectivity index (χ3n) is 4.61. The Balaban J connectivity index is 0.00000225. The highest BCUT2D eigenvalue weighted by molar-refractivity contribution is 5.95. The van der Waals surface area contributed by atoms with Gasteiger partial charge in [-0.25, -0.2) is 9.48 Å². The molecular formula is C19H22ClN5O3. The first kappa shape index (κ1) is 20.1. The molecule has 4 rings (SSSR count). The van der Waals surface area contributed by atoms with Gasteiger partial charge in [0.05, 0.1) is 19.3 Å². The molecular weight excluding hydrogens is 382 g/mol. The van der Waals surface area contributed by atoms with Gasteiger partial charge in [0.15, 0.2) is 5.65 Å². The molecule has 1 saturated heterocycles. The van der Waals surface area contributed by atoms with E-state index in [1.165, 1.54) is 9.08 Å². The molecule has 1 aromatic carbocycles. The minimum atomic E-state index is -0.386. The Morgan fingerprint density at radius 1 is 1.32 bits per heavy atom. The first-order valence-corrected chi connectivity index (χ1v) is 8.91. The Morgan fingerprint density at radius 2 is 2.18 bits per heavy atom. The predicted molar refractivity (Wildman–Crippen MR) is 108 cm³/mol. The summed E-state index contributed by atoms with van der Waals surface area (Å²) in [5.41, 5.74) is 1.95. The molecule has 0 saturated carbocycles. The number of pyridine rings is 1. The van der Waals surface area contributed by atoms with Crippen molar-refractivity contribution in [3.05, 3.63) is 64.7 Å². The van der Waals surface area contributed by atoms with E-state index in [1.54, 1.807) is 18.3 Å². The molecule has 0 unspecified atom stereocenters. The molecule has 0 radical (unpaired) electrons. The summed E-state index contributed by atoms with van der Waals surface area (Å²) in [4.78, 5) is 24.9. The smallest absolute Gasteiger partial charge is 0.350 e. The topological polar surface area (TPSA) is 89.7 Å². The van der Waals surface area contributed by atoms with Crippen molar-refractivity contribution in [3.8, 4) is 0 Å². The number of ether oxygens (including phenoxy) is 1. The zero-order valence-corrected chi connectivity index (χ0v) is 16.2. The van der Waals surface area contributed by atoms with Crippen LogP contribution in [0.4, 0.5) is 5.69 Å². The predicted octanol–water partition coefficient (Wildman–Crippen LogP) is 1.28. The van der Waals surface area contributed by atoms with Crippen LogP contribution in [-0.4, -0.2) is 45.4 Å². The number of amides is 1. The number of hydrogen-bond acceptors (Lipinski definition) is 5. The summed E-state index contributed by atoms with van der Waals surface area (Å²) in [5.74, 6) is -0.135. The van der Waals surface area contributed by atoms with Gasteiger partial charge in [0.2, 0.25) is 5.91 Å². The standard InChI is InChI=1S/C19H21N5O3.ClH/c1-13-17(20-8-10-27-13)18(25)21-15-6-4-5-14(11-15)12-24-19(26)23-9-3-2-7-16(23)22-24;/h2-7,9,11,13,17,20H,8,10,12H2,1H3,(H,21,25);1H/t13-,17+;/m1./s1. The van der Waals surface area contributed by atoms with Gasteiger partial charge in [-0.2, -0.15) is 0 Å². The largest absolute Gasteiger partial charge is 0.375 e. The molecule has 1 aliphatic rings. The normalized spacial score (nSPS) is 19.2. The van der Waals surface area contributed by atoms with Crippen molar-refractivity contribution in [1.29, 1.82) is 0 Å². The molecule has 1 fully saturated rings. The average molecular weight is 404 g/mol. The second-order valence-electron chi connectivity index (χ2n) is 6.57. The summed E-state index contributed by atoms with van der Waals surface area (Å²) >= 11 is 0. The highest BCUT2D eigenvalue weighted by Gasteiger charge is 2.28. The van der Waals surface area contributed by atoms with Gasteiger partial charge in [0.25, 0.3) is 0 Å². The average Bonchev–Trinajstić information content (AvgIpc) is 2.98. The number of morpholine rings is 1. The van der Waals surface area contributed by atoms with Crippen molar-refractivity contribution >= 4 is 29.6 Å². The number of hydrogen-bond donors (Lipinski definition) is 2. The molecule has 2 N–H and O–H groups in total. The van der Waals surface area contributed by atoms with Crippen LogP contribution in [0.2, 0.25) is 0 Å². The number of carbonyl (C=O) groups excluding carboxylic acids is 1. The maximum atomic E-state index is 12.5. The van der Waals surface area contributed by atoms with Crippen LogP contribution in [0, 0.1) is 0 Å². The number of nitrogens with zero attached hydrogens (tertiary/aromatic N) is 3. The van der Waals surface area contributed by atoms with Crippen LogP contribution in [0.1, 0.15) is 12.5 Å². The summed E-state index contributed by atoms with van der Waals surface area (Å²) in [7, 11) is 0. The molecule has 2 atom stereocenters. The van der Waals surface area contributed by atoms with E-state index in [2.05, 4.69) is 15.7 Å². The minimum Gasteiger partial charge on any atom is -0.375 e. The zero-order chi connectivity index (χ0) is 18.8. The van der Waals surface area contributed by atoms with Gasteiger partial charge in [0.1, 0.15) is 6.04 Å². The quantitative estimate of drug-likeness (QED) is 0.685. The number of carbonyl (C=O) groups is 1. The first-order valence-electron chi connectivity index (χ1n) is 8.91. The van der Waals surface area contributed by atoms with Crippen LogP contribution in [0.15, 0.2) is 53.5 Å². The lowest BCUT2D eigenvalue weighted by Crippen LogP contribution is -2.53. The van der Waals surface area contributed by atoms with Crippen molar-refractivity contribution in [2.75, 3.05) is 18.5 Å². The van der Waals surface area contributed by atoms with Crippen LogP contribution >= 0.6 is 12.4 Å². The Hall–Kier alpha value is -2.68. The van der Waals surface area contributed by atoms with E-state index in [1.807, 2.05) is 37.3 Å². The number of nitrogens with one attached hydrogen (secondary N) is 2. The Kier molecular flexibility index (Phi) is 6.13. The van der Waals surface area contributed by atoms with Gasteiger partial charge in [-0.15, -0.1) is 17.5 Å². The summed E-state index contributed by atoms with van der Waals surface area (Å²) in [6, 6.07) is 12.5. The second-order valence-corrected chi connectivity index (χ2v) is 6.57. The summed E-state index contributed by atoms with van der Waals surface area (Å²) in [6.07, 6.45) is 1.51. The number of benzene rings is 1. The number of halogens is 1. The molecule has 0 spiro atoms. The van der Waals surface area contributed by atoms with Crippen molar-refractivity contribution in [2.45, 2.75) is 25.6 Å². The number of anilines is 1. The third-order valence-corrected chi connectivity index (χ3v) is 4.61. The molecule has 2 aromatic heterocycles. The van der Waals surface area contributed by atoms with E-state index in [4.69, 9.17) is 4.74 Å². The van der Waals surface area contributed by atoms with Crippen LogP contribution in [-0.2, 0) is 16.1 Å². The fourth-order valence-electron chi connectivity index (χ4n) is 3.24. The molecule has 0 bridgehead atoms. The van der Waals surface area contributed by atoms with Gasteiger partial charge in [0, 0.05) is 18.4 Å². The SMILES string of the molecule is C[C@H]1OCCN[C@@H]1C(=O)Nc1cccc(Cn2nc3ccccn3c2=O)c1.Cl. The van der Waals surface area contributed by atoms with Crippen molar-refractivity contribution in [1.82, 2.24) is 19.5 Å². The van der Waals surface area contributed by atoms with Crippen LogP contribution in [0.3, 0.4) is 0 Å². The van der Waals surface area contributed by atoms with E-state index in [0.717, 1.165) is 5.56 Å². The second kappa shape index (κ2) is 8.55. The summed E-state index contributed by atoms with van der Waals surface area (Å²) in [5, 5.41) is 10.4. The van der Waals surface area contributed by atoms with E-state index in [-0.39, 0.29) is 36.1 Å². The third kappa shape index (κ3) is 4.09. The van der Waals surface area contributed by atoms with Gasteiger partial charge >= 0.3 is 5.69 Å². The van der Waals surface area contributed by atoms with Gasteiger partial charge in [-0.3, -0.25) is 9.20 Å². The Labute approximate surface area is 167 Å². The van der Waals surface area contributed by atoms with E-state index in [0.29, 0.717) is 31.0 Å². The van der Waals surface area contributed by atoms with Crippen molar-refractivity contribution in [3.63, 3.8) is 0 Å². The highest BCUT2D eigenvalue weighted by atomic mass is 35.5. The molecule has 1 aliphatic heterocycles.